The Labute approximate surface area is 125 Å². The van der Waals surface area contributed by atoms with Gasteiger partial charge in [-0.15, -0.1) is 11.3 Å². The summed E-state index contributed by atoms with van der Waals surface area (Å²) in [5.74, 6) is -1.30. The van der Waals surface area contributed by atoms with Crippen LogP contribution in [-0.4, -0.2) is 59.3 Å². The van der Waals surface area contributed by atoms with Crippen LogP contribution in [0.2, 0.25) is 0 Å². The lowest BCUT2D eigenvalue weighted by molar-refractivity contribution is -0.154. The van der Waals surface area contributed by atoms with E-state index in [1.165, 1.54) is 16.2 Å². The van der Waals surface area contributed by atoms with Gasteiger partial charge in [0.2, 0.25) is 0 Å². The van der Waals surface area contributed by atoms with Gasteiger partial charge in [-0.3, -0.25) is 4.79 Å². The summed E-state index contributed by atoms with van der Waals surface area (Å²) < 4.78 is 10.7. The molecule has 2 atom stereocenters. The molecule has 3 heterocycles. The first-order valence-electron chi connectivity index (χ1n) is 6.86. The van der Waals surface area contributed by atoms with Crippen LogP contribution in [0.4, 0.5) is 0 Å². The predicted molar refractivity (Wildman–Crippen MR) is 73.3 cm³/mol. The second-order valence-corrected chi connectivity index (χ2v) is 5.91. The molecule has 8 heteroatoms. The first-order valence-corrected chi connectivity index (χ1v) is 7.74. The Balaban J connectivity index is 1.68. The summed E-state index contributed by atoms with van der Waals surface area (Å²) in [6.07, 6.45) is 0.976. The van der Waals surface area contributed by atoms with Crippen LogP contribution in [0.5, 0.6) is 0 Å². The third-order valence-corrected chi connectivity index (χ3v) is 4.51. The van der Waals surface area contributed by atoms with Crippen LogP contribution < -0.4 is 0 Å². The molecule has 7 nitrogen and oxygen atoms in total. The SMILES string of the molecule is O=C(O)C1CN(C(=O)c2csc(C3CCCO3)n2)CCO1. The van der Waals surface area contributed by atoms with Gasteiger partial charge in [-0.1, -0.05) is 0 Å². The van der Waals surface area contributed by atoms with E-state index in [2.05, 4.69) is 4.98 Å². The topological polar surface area (TPSA) is 89.0 Å². The molecule has 0 spiro atoms. The van der Waals surface area contributed by atoms with Crippen LogP contribution >= 0.6 is 11.3 Å². The quantitative estimate of drug-likeness (QED) is 0.893. The van der Waals surface area contributed by atoms with Crippen LogP contribution in [0.15, 0.2) is 5.38 Å². The zero-order valence-corrected chi connectivity index (χ0v) is 12.2. The van der Waals surface area contributed by atoms with E-state index in [9.17, 15) is 9.59 Å². The smallest absolute Gasteiger partial charge is 0.334 e. The van der Waals surface area contributed by atoms with Gasteiger partial charge in [-0.2, -0.15) is 0 Å². The zero-order valence-electron chi connectivity index (χ0n) is 11.4. The average molecular weight is 312 g/mol. The van der Waals surface area contributed by atoms with E-state index in [1.54, 1.807) is 5.38 Å². The number of rotatable bonds is 3. The van der Waals surface area contributed by atoms with E-state index in [1.807, 2.05) is 0 Å². The molecule has 2 unspecified atom stereocenters. The zero-order chi connectivity index (χ0) is 14.8. The van der Waals surface area contributed by atoms with Crippen molar-refractivity contribution >= 4 is 23.2 Å². The van der Waals surface area contributed by atoms with Crippen LogP contribution in [0.25, 0.3) is 0 Å². The van der Waals surface area contributed by atoms with Gasteiger partial charge in [-0.05, 0) is 12.8 Å². The number of nitrogens with zero attached hydrogens (tertiary/aromatic N) is 2. The highest BCUT2D eigenvalue weighted by Crippen LogP contribution is 2.30. The average Bonchev–Trinajstić information content (AvgIpc) is 3.17. The fourth-order valence-corrected chi connectivity index (χ4v) is 3.33. The number of carbonyl (C=O) groups is 2. The van der Waals surface area contributed by atoms with Crippen LogP contribution in [0.1, 0.15) is 34.4 Å². The number of morpholine rings is 1. The molecule has 2 aliphatic heterocycles. The third kappa shape index (κ3) is 3.07. The third-order valence-electron chi connectivity index (χ3n) is 3.58. The highest BCUT2D eigenvalue weighted by atomic mass is 32.1. The van der Waals surface area contributed by atoms with Crippen molar-refractivity contribution in [3.05, 3.63) is 16.1 Å². The van der Waals surface area contributed by atoms with Crippen molar-refractivity contribution in [2.75, 3.05) is 26.3 Å². The normalized spacial score (nSPS) is 26.0. The summed E-state index contributed by atoms with van der Waals surface area (Å²) in [5.41, 5.74) is 0.358. The summed E-state index contributed by atoms with van der Waals surface area (Å²) in [6, 6.07) is 0. The fraction of sp³-hybridized carbons (Fsp3) is 0.615. The lowest BCUT2D eigenvalue weighted by atomic mass is 10.2. The maximum atomic E-state index is 12.4. The van der Waals surface area contributed by atoms with E-state index in [0.717, 1.165) is 24.5 Å². The highest BCUT2D eigenvalue weighted by molar-refractivity contribution is 7.09. The Hall–Kier alpha value is -1.51. The van der Waals surface area contributed by atoms with Crippen LogP contribution in [0, 0.1) is 0 Å². The monoisotopic (exact) mass is 312 g/mol. The van der Waals surface area contributed by atoms with Gasteiger partial charge in [0.1, 0.15) is 16.8 Å². The van der Waals surface area contributed by atoms with Gasteiger partial charge in [0, 0.05) is 18.5 Å². The van der Waals surface area contributed by atoms with E-state index in [-0.39, 0.29) is 25.2 Å². The minimum atomic E-state index is -1.05. The molecule has 1 aromatic rings. The Bertz CT molecular complexity index is 540. The maximum absolute atomic E-state index is 12.4. The first kappa shape index (κ1) is 14.4. The van der Waals surface area contributed by atoms with Crippen molar-refractivity contribution in [2.24, 2.45) is 0 Å². The summed E-state index contributed by atoms with van der Waals surface area (Å²) in [7, 11) is 0. The van der Waals surface area contributed by atoms with E-state index in [0.29, 0.717) is 12.2 Å². The van der Waals surface area contributed by atoms with Gasteiger partial charge in [0.25, 0.3) is 5.91 Å². The standard InChI is InChI=1S/C13H16N2O5S/c16-12(15-3-5-20-10(6-15)13(17)18)8-7-21-11(14-8)9-2-1-4-19-9/h7,9-10H,1-6H2,(H,17,18). The van der Waals surface area contributed by atoms with Crippen molar-refractivity contribution in [3.8, 4) is 0 Å². The van der Waals surface area contributed by atoms with Gasteiger partial charge >= 0.3 is 5.97 Å². The number of amides is 1. The molecule has 3 rings (SSSR count). The predicted octanol–water partition coefficient (Wildman–Crippen LogP) is 0.920. The molecule has 0 aromatic carbocycles. The molecule has 114 valence electrons. The molecule has 0 aliphatic carbocycles. The van der Waals surface area contributed by atoms with Gasteiger partial charge < -0.3 is 19.5 Å². The number of ether oxygens (including phenoxy) is 2. The largest absolute Gasteiger partial charge is 0.479 e. The molecule has 2 saturated heterocycles. The second kappa shape index (κ2) is 6.08. The van der Waals surface area contributed by atoms with E-state index < -0.39 is 12.1 Å². The van der Waals surface area contributed by atoms with Gasteiger partial charge in [-0.25, -0.2) is 9.78 Å². The molecule has 0 bridgehead atoms. The second-order valence-electron chi connectivity index (χ2n) is 5.02. The van der Waals surface area contributed by atoms with Crippen molar-refractivity contribution in [2.45, 2.75) is 25.0 Å². The number of thiazole rings is 1. The van der Waals surface area contributed by atoms with E-state index >= 15 is 0 Å². The molecular formula is C13H16N2O5S. The van der Waals surface area contributed by atoms with Crippen LogP contribution in [0.3, 0.4) is 0 Å². The van der Waals surface area contributed by atoms with Crippen molar-refractivity contribution < 1.29 is 24.2 Å². The molecule has 2 fully saturated rings. The highest BCUT2D eigenvalue weighted by Gasteiger charge is 2.31. The number of carbonyl (C=O) groups excluding carboxylic acids is 1. The molecular weight excluding hydrogens is 296 g/mol. The molecule has 1 N–H and O–H groups in total. The Morgan fingerprint density at radius 3 is 2.95 bits per heavy atom. The first-order chi connectivity index (χ1) is 10.1. The van der Waals surface area contributed by atoms with Crippen molar-refractivity contribution in [1.29, 1.82) is 0 Å². The fourth-order valence-electron chi connectivity index (χ4n) is 2.45. The van der Waals surface area contributed by atoms with E-state index in [4.69, 9.17) is 14.6 Å². The number of hydrogen-bond donors (Lipinski definition) is 1. The van der Waals surface area contributed by atoms with Crippen molar-refractivity contribution in [3.63, 3.8) is 0 Å². The number of hydrogen-bond acceptors (Lipinski definition) is 6. The van der Waals surface area contributed by atoms with Crippen molar-refractivity contribution in [1.82, 2.24) is 9.88 Å². The molecule has 0 saturated carbocycles. The number of aromatic nitrogens is 1. The lowest BCUT2D eigenvalue weighted by Gasteiger charge is -2.30. The molecule has 2 aliphatic rings. The van der Waals surface area contributed by atoms with Gasteiger partial charge in [0.15, 0.2) is 6.10 Å². The summed E-state index contributed by atoms with van der Waals surface area (Å²) in [4.78, 5) is 29.2. The lowest BCUT2D eigenvalue weighted by Crippen LogP contribution is -2.48. The van der Waals surface area contributed by atoms with Gasteiger partial charge in [0.05, 0.1) is 13.2 Å². The molecule has 21 heavy (non-hydrogen) atoms. The molecule has 0 radical (unpaired) electrons. The number of carboxylic acids is 1. The molecule has 1 aromatic heterocycles. The maximum Gasteiger partial charge on any atom is 0.334 e. The minimum absolute atomic E-state index is 0.00647. The summed E-state index contributed by atoms with van der Waals surface area (Å²) in [5, 5.41) is 11.5. The Morgan fingerprint density at radius 2 is 2.24 bits per heavy atom. The number of aliphatic carboxylic acids is 1. The summed E-state index contributed by atoms with van der Waals surface area (Å²) in [6.45, 7) is 1.40. The Morgan fingerprint density at radius 1 is 1.38 bits per heavy atom. The summed E-state index contributed by atoms with van der Waals surface area (Å²) >= 11 is 1.42. The molecule has 1 amide bonds. The van der Waals surface area contributed by atoms with Crippen LogP contribution in [-0.2, 0) is 14.3 Å². The number of carboxylic acid groups (broad SMARTS) is 1. The Kier molecular flexibility index (Phi) is 4.18. The minimum Gasteiger partial charge on any atom is -0.479 e.